The Hall–Kier alpha value is -0.840. The van der Waals surface area contributed by atoms with Crippen LogP contribution in [0.3, 0.4) is 0 Å². The third-order valence-corrected chi connectivity index (χ3v) is 3.84. The molecule has 2 aromatic heterocycles. The van der Waals surface area contributed by atoms with E-state index in [0.29, 0.717) is 9.73 Å². The molecule has 0 radical (unpaired) electrons. The average Bonchev–Trinajstić information content (AvgIpc) is 2.65. The average molecular weight is 275 g/mol. The first kappa shape index (κ1) is 11.6. The maximum Gasteiger partial charge on any atom is 0.271 e. The van der Waals surface area contributed by atoms with Crippen LogP contribution in [0.4, 0.5) is 0 Å². The third kappa shape index (κ3) is 2.00. The minimum atomic E-state index is -0.0835. The van der Waals surface area contributed by atoms with Crippen molar-refractivity contribution in [1.29, 1.82) is 0 Å². The largest absolute Gasteiger partial charge is 0.293 e. The van der Waals surface area contributed by atoms with E-state index >= 15 is 0 Å². The van der Waals surface area contributed by atoms with Gasteiger partial charge < -0.3 is 0 Å². The normalized spacial score (nSPS) is 12.3. The van der Waals surface area contributed by atoms with E-state index in [9.17, 15) is 4.79 Å². The molecule has 0 bridgehead atoms. The summed E-state index contributed by atoms with van der Waals surface area (Å²) in [6.07, 6.45) is 1.49. The van der Waals surface area contributed by atoms with Crippen LogP contribution in [0.25, 0.3) is 10.2 Å². The van der Waals surface area contributed by atoms with Crippen molar-refractivity contribution in [3.05, 3.63) is 38.2 Å². The molecule has 3 nitrogen and oxygen atoms in total. The number of rotatable bonds is 2. The van der Waals surface area contributed by atoms with Crippen LogP contribution in [-0.4, -0.2) is 9.55 Å². The molecule has 0 saturated carbocycles. The summed E-state index contributed by atoms with van der Waals surface area (Å²) in [5.41, 5.74) is 2.94. The van der Waals surface area contributed by atoms with Crippen molar-refractivity contribution in [1.82, 2.24) is 9.55 Å². The molecular formula is C10H8Cl2N2OS. The van der Waals surface area contributed by atoms with Gasteiger partial charge in [0.25, 0.3) is 5.56 Å². The highest BCUT2D eigenvalue weighted by Gasteiger charge is 2.08. The number of nitrogens with zero attached hydrogens (tertiary/aromatic N) is 2. The quantitative estimate of drug-likeness (QED) is 0.844. The second-order valence-electron chi connectivity index (χ2n) is 3.33. The maximum absolute atomic E-state index is 12.0. The molecule has 84 valence electrons. The predicted octanol–water partition coefficient (Wildman–Crippen LogP) is 3.09. The van der Waals surface area contributed by atoms with Gasteiger partial charge in [-0.1, -0.05) is 23.2 Å². The summed E-state index contributed by atoms with van der Waals surface area (Å²) in [5, 5.41) is 2.32. The Morgan fingerprint density at radius 2 is 2.44 bits per heavy atom. The zero-order valence-electron chi connectivity index (χ0n) is 8.41. The van der Waals surface area contributed by atoms with E-state index in [4.69, 9.17) is 23.2 Å². The molecule has 0 fully saturated rings. The standard InChI is InChI=1S/C10H8Cl2N2OS/c1-6-4-16-9-8(6)13-5-14(10(9)15)3-7(12)2-11/h2,4-5H,3H2,1H3. The number of hydrogen-bond donors (Lipinski definition) is 0. The molecule has 0 aliphatic heterocycles. The summed E-state index contributed by atoms with van der Waals surface area (Å²) in [6.45, 7) is 2.19. The Bertz CT molecular complexity index is 615. The fraction of sp³-hybridized carbons (Fsp3) is 0.200. The molecule has 0 spiro atoms. The van der Waals surface area contributed by atoms with E-state index in [0.717, 1.165) is 11.1 Å². The van der Waals surface area contributed by atoms with Gasteiger partial charge in [-0.05, 0) is 17.9 Å². The van der Waals surface area contributed by atoms with Crippen molar-refractivity contribution in [2.24, 2.45) is 0 Å². The number of thiophene rings is 1. The lowest BCUT2D eigenvalue weighted by molar-refractivity contribution is 0.760. The molecule has 0 unspecified atom stereocenters. The second kappa shape index (κ2) is 4.57. The number of aromatic nitrogens is 2. The van der Waals surface area contributed by atoms with E-state index in [1.54, 1.807) is 0 Å². The van der Waals surface area contributed by atoms with Crippen LogP contribution in [0.5, 0.6) is 0 Å². The summed E-state index contributed by atoms with van der Waals surface area (Å²) in [7, 11) is 0. The second-order valence-corrected chi connectivity index (χ2v) is 4.91. The van der Waals surface area contributed by atoms with Gasteiger partial charge in [0.05, 0.1) is 18.4 Å². The van der Waals surface area contributed by atoms with Crippen LogP contribution >= 0.6 is 34.5 Å². The Morgan fingerprint density at radius 1 is 1.69 bits per heavy atom. The van der Waals surface area contributed by atoms with Crippen LogP contribution in [0.2, 0.25) is 0 Å². The molecule has 0 amide bonds. The topological polar surface area (TPSA) is 34.9 Å². The number of aryl methyl sites for hydroxylation is 1. The van der Waals surface area contributed by atoms with Gasteiger partial charge in [0.1, 0.15) is 4.70 Å². The number of hydrogen-bond acceptors (Lipinski definition) is 3. The lowest BCUT2D eigenvalue weighted by Crippen LogP contribution is -2.19. The van der Waals surface area contributed by atoms with Gasteiger partial charge in [-0.25, -0.2) is 4.98 Å². The molecule has 0 N–H and O–H groups in total. The van der Waals surface area contributed by atoms with Crippen molar-refractivity contribution in [3.63, 3.8) is 0 Å². The lowest BCUT2D eigenvalue weighted by Gasteiger charge is -2.03. The summed E-state index contributed by atoms with van der Waals surface area (Å²) >= 11 is 12.6. The van der Waals surface area contributed by atoms with Gasteiger partial charge in [-0.2, -0.15) is 0 Å². The monoisotopic (exact) mass is 274 g/mol. The molecule has 0 aliphatic rings. The highest BCUT2D eigenvalue weighted by molar-refractivity contribution is 7.17. The molecule has 16 heavy (non-hydrogen) atoms. The SMILES string of the molecule is Cc1csc2c(=O)n(CC(Cl)=CCl)cnc12. The molecule has 0 atom stereocenters. The van der Waals surface area contributed by atoms with E-state index in [2.05, 4.69) is 4.98 Å². The van der Waals surface area contributed by atoms with Crippen LogP contribution in [0.15, 0.2) is 27.1 Å². The number of allylic oxidation sites excluding steroid dienone is 1. The first-order chi connectivity index (χ1) is 7.63. The first-order valence-corrected chi connectivity index (χ1v) is 6.21. The Labute approximate surface area is 106 Å². The summed E-state index contributed by atoms with van der Waals surface area (Å²) in [5.74, 6) is 0. The summed E-state index contributed by atoms with van der Waals surface area (Å²) in [4.78, 5) is 16.2. The first-order valence-electron chi connectivity index (χ1n) is 4.51. The minimum Gasteiger partial charge on any atom is -0.293 e. The molecule has 0 aromatic carbocycles. The predicted molar refractivity (Wildman–Crippen MR) is 68.4 cm³/mol. The van der Waals surface area contributed by atoms with E-state index in [1.165, 1.54) is 27.8 Å². The molecular weight excluding hydrogens is 267 g/mol. The van der Waals surface area contributed by atoms with Gasteiger partial charge in [-0.15, -0.1) is 11.3 Å². The number of fused-ring (bicyclic) bond motifs is 1. The zero-order valence-corrected chi connectivity index (χ0v) is 10.7. The van der Waals surface area contributed by atoms with E-state index < -0.39 is 0 Å². The van der Waals surface area contributed by atoms with Gasteiger partial charge in [-0.3, -0.25) is 9.36 Å². The Morgan fingerprint density at radius 3 is 3.12 bits per heavy atom. The number of halogens is 2. The Kier molecular flexibility index (Phi) is 3.33. The van der Waals surface area contributed by atoms with Crippen LogP contribution in [0.1, 0.15) is 5.56 Å². The molecule has 6 heteroatoms. The molecule has 2 heterocycles. The fourth-order valence-corrected chi connectivity index (χ4v) is 2.52. The fourth-order valence-electron chi connectivity index (χ4n) is 1.37. The van der Waals surface area contributed by atoms with Crippen molar-refractivity contribution in [3.8, 4) is 0 Å². The van der Waals surface area contributed by atoms with E-state index in [-0.39, 0.29) is 12.1 Å². The van der Waals surface area contributed by atoms with E-state index in [1.807, 2.05) is 12.3 Å². The van der Waals surface area contributed by atoms with Crippen LogP contribution in [0, 0.1) is 6.92 Å². The summed E-state index contributed by atoms with van der Waals surface area (Å²) in [6, 6.07) is 0. The summed E-state index contributed by atoms with van der Waals surface area (Å²) < 4.78 is 2.10. The van der Waals surface area contributed by atoms with Crippen LogP contribution in [-0.2, 0) is 6.54 Å². The molecule has 2 aromatic rings. The van der Waals surface area contributed by atoms with Crippen molar-refractivity contribution in [2.75, 3.05) is 0 Å². The molecule has 2 rings (SSSR count). The van der Waals surface area contributed by atoms with Crippen molar-refractivity contribution in [2.45, 2.75) is 13.5 Å². The zero-order chi connectivity index (χ0) is 11.7. The van der Waals surface area contributed by atoms with Gasteiger partial charge in [0.15, 0.2) is 0 Å². The van der Waals surface area contributed by atoms with Crippen molar-refractivity contribution < 1.29 is 0 Å². The van der Waals surface area contributed by atoms with Crippen LogP contribution < -0.4 is 5.56 Å². The molecule has 0 saturated heterocycles. The van der Waals surface area contributed by atoms with Gasteiger partial charge in [0.2, 0.25) is 0 Å². The Balaban J connectivity index is 2.57. The highest BCUT2D eigenvalue weighted by Crippen LogP contribution is 2.19. The van der Waals surface area contributed by atoms with Crippen molar-refractivity contribution >= 4 is 44.8 Å². The van der Waals surface area contributed by atoms with Gasteiger partial charge >= 0.3 is 0 Å². The smallest absolute Gasteiger partial charge is 0.271 e. The third-order valence-electron chi connectivity index (χ3n) is 2.16. The highest BCUT2D eigenvalue weighted by atomic mass is 35.5. The minimum absolute atomic E-state index is 0.0835. The van der Waals surface area contributed by atoms with Gasteiger partial charge in [0, 0.05) is 10.6 Å². The maximum atomic E-state index is 12.0. The molecule has 0 aliphatic carbocycles. The lowest BCUT2D eigenvalue weighted by atomic mass is 10.3.